The molecule has 0 aliphatic rings. The monoisotopic (exact) mass is 314 g/mol. The summed E-state index contributed by atoms with van der Waals surface area (Å²) in [6.07, 6.45) is 4.06. The minimum absolute atomic E-state index is 0.307. The van der Waals surface area contributed by atoms with Gasteiger partial charge in [0, 0.05) is 26.0 Å². The first-order valence-electron chi connectivity index (χ1n) is 7.45. The lowest BCUT2D eigenvalue weighted by molar-refractivity contribution is 0.579. The van der Waals surface area contributed by atoms with E-state index in [0.717, 1.165) is 5.56 Å². The molecule has 3 rings (SSSR count). The summed E-state index contributed by atoms with van der Waals surface area (Å²) in [4.78, 5) is 29.4. The number of aromatic nitrogens is 5. The number of pyridine rings is 1. The third-order valence-electron chi connectivity index (χ3n) is 3.68. The highest BCUT2D eigenvalue weighted by Gasteiger charge is 2.18. The van der Waals surface area contributed by atoms with Gasteiger partial charge < -0.3 is 5.32 Å². The van der Waals surface area contributed by atoms with E-state index in [1.807, 2.05) is 19.1 Å². The zero-order valence-corrected chi connectivity index (χ0v) is 13.0. The minimum atomic E-state index is -0.359. The van der Waals surface area contributed by atoms with Gasteiger partial charge in [-0.3, -0.25) is 24.0 Å². The summed E-state index contributed by atoms with van der Waals surface area (Å²) in [5, 5.41) is 10.2. The van der Waals surface area contributed by atoms with Crippen molar-refractivity contribution >= 4 is 16.9 Å². The molecule has 0 saturated carbocycles. The van der Waals surface area contributed by atoms with E-state index >= 15 is 0 Å². The molecule has 0 atom stereocenters. The van der Waals surface area contributed by atoms with Gasteiger partial charge in [-0.25, -0.2) is 4.79 Å². The fourth-order valence-corrected chi connectivity index (χ4v) is 2.61. The second-order valence-electron chi connectivity index (χ2n) is 5.23. The van der Waals surface area contributed by atoms with Crippen LogP contribution < -0.4 is 16.6 Å². The van der Waals surface area contributed by atoms with Gasteiger partial charge in [0.05, 0.1) is 6.54 Å². The summed E-state index contributed by atoms with van der Waals surface area (Å²) in [7, 11) is 1.70. The van der Waals surface area contributed by atoms with E-state index < -0.39 is 0 Å². The van der Waals surface area contributed by atoms with Crippen LogP contribution >= 0.6 is 0 Å². The fourth-order valence-electron chi connectivity index (χ4n) is 2.61. The molecule has 0 aliphatic heterocycles. The van der Waals surface area contributed by atoms with E-state index in [-0.39, 0.29) is 11.2 Å². The highest BCUT2D eigenvalue weighted by Crippen LogP contribution is 2.15. The molecule has 0 amide bonds. The van der Waals surface area contributed by atoms with Crippen molar-refractivity contribution < 1.29 is 0 Å². The van der Waals surface area contributed by atoms with Crippen LogP contribution in [-0.4, -0.2) is 31.4 Å². The molecule has 0 fully saturated rings. The van der Waals surface area contributed by atoms with Gasteiger partial charge in [-0.2, -0.15) is 5.10 Å². The average Bonchev–Trinajstić information content (AvgIpc) is 3.00. The standard InChI is InChI=1S/C15H18N6O2/c1-3-7-20-14(22)11-12(16-2)18-19-13(11)21(15(20)23)9-10-5-4-6-17-8-10/h4-6,8H,3,7,9H2,1-2H3,(H2,16,18,19). The smallest absolute Gasteiger partial charge is 0.333 e. The lowest BCUT2D eigenvalue weighted by Gasteiger charge is -2.11. The number of aromatic amines is 1. The second-order valence-corrected chi connectivity index (χ2v) is 5.23. The van der Waals surface area contributed by atoms with Gasteiger partial charge in [0.25, 0.3) is 5.56 Å². The van der Waals surface area contributed by atoms with Crippen LogP contribution in [0.1, 0.15) is 18.9 Å². The Morgan fingerprint density at radius 3 is 2.78 bits per heavy atom. The molecular formula is C15H18N6O2. The van der Waals surface area contributed by atoms with Crippen molar-refractivity contribution in [1.82, 2.24) is 24.3 Å². The van der Waals surface area contributed by atoms with Crippen molar-refractivity contribution in [2.75, 3.05) is 12.4 Å². The summed E-state index contributed by atoms with van der Waals surface area (Å²) in [6, 6.07) is 3.69. The van der Waals surface area contributed by atoms with E-state index in [1.165, 1.54) is 9.13 Å². The summed E-state index contributed by atoms with van der Waals surface area (Å²) < 4.78 is 2.76. The Morgan fingerprint density at radius 2 is 2.13 bits per heavy atom. The highest BCUT2D eigenvalue weighted by molar-refractivity contribution is 5.86. The molecule has 0 saturated heterocycles. The van der Waals surface area contributed by atoms with Crippen LogP contribution in [0.5, 0.6) is 0 Å². The Balaban J connectivity index is 2.29. The molecular weight excluding hydrogens is 296 g/mol. The molecule has 8 nitrogen and oxygen atoms in total. The number of anilines is 1. The Hall–Kier alpha value is -2.90. The molecule has 0 aromatic carbocycles. The van der Waals surface area contributed by atoms with Crippen LogP contribution in [0.4, 0.5) is 5.82 Å². The Kier molecular flexibility index (Phi) is 3.96. The Bertz CT molecular complexity index is 938. The van der Waals surface area contributed by atoms with Crippen molar-refractivity contribution in [3.8, 4) is 0 Å². The van der Waals surface area contributed by atoms with E-state index in [0.29, 0.717) is 36.4 Å². The molecule has 0 aliphatic carbocycles. The normalized spacial score (nSPS) is 11.0. The SMILES string of the molecule is CCCn1c(=O)c2c(NC)[nH]nc2n(Cc2cccnc2)c1=O. The van der Waals surface area contributed by atoms with E-state index in [4.69, 9.17) is 0 Å². The molecule has 0 radical (unpaired) electrons. The van der Waals surface area contributed by atoms with Gasteiger partial charge in [-0.1, -0.05) is 13.0 Å². The molecule has 3 aromatic rings. The minimum Gasteiger partial charge on any atom is -0.373 e. The van der Waals surface area contributed by atoms with Gasteiger partial charge in [0.2, 0.25) is 0 Å². The predicted molar refractivity (Wildman–Crippen MR) is 87.8 cm³/mol. The average molecular weight is 314 g/mol. The third-order valence-corrected chi connectivity index (χ3v) is 3.68. The van der Waals surface area contributed by atoms with Crippen LogP contribution in [0, 0.1) is 0 Å². The van der Waals surface area contributed by atoms with Crippen molar-refractivity contribution in [1.29, 1.82) is 0 Å². The van der Waals surface area contributed by atoms with Gasteiger partial charge in [0.1, 0.15) is 11.2 Å². The molecule has 8 heteroatoms. The topological polar surface area (TPSA) is 97.6 Å². The lowest BCUT2D eigenvalue weighted by atomic mass is 10.3. The van der Waals surface area contributed by atoms with Crippen molar-refractivity contribution in [3.05, 3.63) is 50.9 Å². The van der Waals surface area contributed by atoms with Crippen molar-refractivity contribution in [3.63, 3.8) is 0 Å². The van der Waals surface area contributed by atoms with E-state index in [9.17, 15) is 9.59 Å². The second kappa shape index (κ2) is 6.07. The van der Waals surface area contributed by atoms with Crippen LogP contribution in [0.25, 0.3) is 11.0 Å². The maximum atomic E-state index is 12.7. The largest absolute Gasteiger partial charge is 0.373 e. The summed E-state index contributed by atoms with van der Waals surface area (Å²) in [5.41, 5.74) is 0.530. The van der Waals surface area contributed by atoms with Gasteiger partial charge in [0.15, 0.2) is 5.65 Å². The van der Waals surface area contributed by atoms with Gasteiger partial charge >= 0.3 is 5.69 Å². The Labute approximate surface area is 131 Å². The number of rotatable bonds is 5. The summed E-state index contributed by atoms with van der Waals surface area (Å²) >= 11 is 0. The number of nitrogens with one attached hydrogen (secondary N) is 2. The number of fused-ring (bicyclic) bond motifs is 1. The summed E-state index contributed by atoms with van der Waals surface area (Å²) in [5.74, 6) is 0.509. The van der Waals surface area contributed by atoms with Crippen molar-refractivity contribution in [2.24, 2.45) is 0 Å². The molecule has 23 heavy (non-hydrogen) atoms. The lowest BCUT2D eigenvalue weighted by Crippen LogP contribution is -2.40. The molecule has 2 N–H and O–H groups in total. The molecule has 0 unspecified atom stereocenters. The Morgan fingerprint density at radius 1 is 1.30 bits per heavy atom. The molecule has 120 valence electrons. The van der Waals surface area contributed by atoms with Crippen LogP contribution in [0.15, 0.2) is 34.1 Å². The first-order valence-corrected chi connectivity index (χ1v) is 7.45. The molecule has 3 heterocycles. The molecule has 3 aromatic heterocycles. The zero-order valence-electron chi connectivity index (χ0n) is 13.0. The van der Waals surface area contributed by atoms with Crippen LogP contribution in [0.3, 0.4) is 0 Å². The van der Waals surface area contributed by atoms with Gasteiger partial charge in [-0.15, -0.1) is 0 Å². The highest BCUT2D eigenvalue weighted by atomic mass is 16.2. The predicted octanol–water partition coefficient (Wildman–Crippen LogP) is 0.781. The van der Waals surface area contributed by atoms with E-state index in [2.05, 4.69) is 20.5 Å². The first kappa shape index (κ1) is 15.0. The number of H-pyrrole nitrogens is 1. The fraction of sp³-hybridized carbons (Fsp3) is 0.333. The number of nitrogens with zero attached hydrogens (tertiary/aromatic N) is 4. The maximum Gasteiger partial charge on any atom is 0.333 e. The molecule has 0 bridgehead atoms. The molecule has 0 spiro atoms. The number of hydrogen-bond donors (Lipinski definition) is 2. The zero-order chi connectivity index (χ0) is 16.4. The van der Waals surface area contributed by atoms with Crippen LogP contribution in [-0.2, 0) is 13.1 Å². The maximum absolute atomic E-state index is 12.7. The van der Waals surface area contributed by atoms with Crippen molar-refractivity contribution in [2.45, 2.75) is 26.4 Å². The van der Waals surface area contributed by atoms with Crippen LogP contribution in [0.2, 0.25) is 0 Å². The first-order chi connectivity index (χ1) is 11.2. The van der Waals surface area contributed by atoms with Gasteiger partial charge in [-0.05, 0) is 18.1 Å². The number of hydrogen-bond acceptors (Lipinski definition) is 5. The summed E-state index contributed by atoms with van der Waals surface area (Å²) in [6.45, 7) is 2.60. The quantitative estimate of drug-likeness (QED) is 0.725. The third kappa shape index (κ3) is 2.52. The van der Waals surface area contributed by atoms with E-state index in [1.54, 1.807) is 19.4 Å².